The Bertz CT molecular complexity index is 376. The maximum atomic E-state index is 11.8. The van der Waals surface area contributed by atoms with Crippen LogP contribution in [0.1, 0.15) is 18.9 Å². The van der Waals surface area contributed by atoms with Crippen molar-refractivity contribution in [2.45, 2.75) is 25.8 Å². The molecule has 1 aromatic carbocycles. The molecule has 1 atom stereocenters. The topological polar surface area (TPSA) is 61.4 Å². The van der Waals surface area contributed by atoms with Crippen molar-refractivity contribution in [3.63, 3.8) is 0 Å². The third-order valence-corrected chi connectivity index (χ3v) is 3.54. The Kier molecular flexibility index (Phi) is 7.36. The Hall–Kier alpha value is -1.20. The van der Waals surface area contributed by atoms with Gasteiger partial charge in [-0.05, 0) is 36.8 Å². The van der Waals surface area contributed by atoms with E-state index in [9.17, 15) is 4.79 Å². The van der Waals surface area contributed by atoms with Crippen molar-refractivity contribution in [2.24, 2.45) is 0 Å². The van der Waals surface area contributed by atoms with Gasteiger partial charge in [0.1, 0.15) is 0 Å². The second-order valence-corrected chi connectivity index (χ2v) is 5.22. The normalized spacial score (nSPS) is 11.9. The van der Waals surface area contributed by atoms with E-state index in [4.69, 9.17) is 5.11 Å². The van der Waals surface area contributed by atoms with Crippen molar-refractivity contribution in [1.29, 1.82) is 0 Å². The number of aryl methyl sites for hydroxylation is 1. The van der Waals surface area contributed by atoms with Crippen LogP contribution >= 0.6 is 11.8 Å². The summed E-state index contributed by atoms with van der Waals surface area (Å²) in [6.45, 7) is 2.17. The lowest BCUT2D eigenvalue weighted by molar-refractivity contribution is 0.241. The lowest BCUT2D eigenvalue weighted by atomic mass is 10.1. The van der Waals surface area contributed by atoms with Gasteiger partial charge in [-0.1, -0.05) is 19.1 Å². The summed E-state index contributed by atoms with van der Waals surface area (Å²) in [5.74, 6) is 0.794. The number of aliphatic hydroxyl groups excluding tert-OH is 1. The van der Waals surface area contributed by atoms with Crippen LogP contribution in [0.4, 0.5) is 10.5 Å². The van der Waals surface area contributed by atoms with Crippen LogP contribution < -0.4 is 10.6 Å². The zero-order valence-electron chi connectivity index (χ0n) is 11.5. The Morgan fingerprint density at radius 1 is 1.37 bits per heavy atom. The molecule has 2 amide bonds. The van der Waals surface area contributed by atoms with E-state index in [1.54, 1.807) is 11.8 Å². The summed E-state index contributed by atoms with van der Waals surface area (Å²) < 4.78 is 0. The zero-order valence-corrected chi connectivity index (χ0v) is 12.3. The number of benzene rings is 1. The molecule has 106 valence electrons. The highest BCUT2D eigenvalue weighted by Gasteiger charge is 2.11. The number of aliphatic hydroxyl groups is 1. The van der Waals surface area contributed by atoms with E-state index in [-0.39, 0.29) is 18.7 Å². The number of nitrogens with one attached hydrogen (secondary N) is 2. The van der Waals surface area contributed by atoms with Crippen molar-refractivity contribution in [1.82, 2.24) is 5.32 Å². The minimum Gasteiger partial charge on any atom is -0.396 e. The quantitative estimate of drug-likeness (QED) is 0.720. The van der Waals surface area contributed by atoms with E-state index in [0.717, 1.165) is 17.9 Å². The van der Waals surface area contributed by atoms with E-state index >= 15 is 0 Å². The Balaban J connectivity index is 2.48. The molecule has 0 bridgehead atoms. The van der Waals surface area contributed by atoms with Crippen LogP contribution in [-0.4, -0.2) is 35.8 Å². The molecule has 0 unspecified atom stereocenters. The number of urea groups is 1. The highest BCUT2D eigenvalue weighted by atomic mass is 32.2. The number of amides is 2. The lowest BCUT2D eigenvalue weighted by Gasteiger charge is -2.17. The minimum absolute atomic E-state index is 0.00471. The van der Waals surface area contributed by atoms with Crippen molar-refractivity contribution >= 4 is 23.5 Å². The van der Waals surface area contributed by atoms with Gasteiger partial charge in [0.05, 0.1) is 0 Å². The van der Waals surface area contributed by atoms with Gasteiger partial charge in [-0.15, -0.1) is 0 Å². The molecule has 0 saturated heterocycles. The summed E-state index contributed by atoms with van der Waals surface area (Å²) in [4.78, 5) is 11.8. The minimum atomic E-state index is -0.225. The molecule has 1 rings (SSSR count). The fourth-order valence-electron chi connectivity index (χ4n) is 1.73. The van der Waals surface area contributed by atoms with Crippen molar-refractivity contribution < 1.29 is 9.90 Å². The predicted molar refractivity (Wildman–Crippen MR) is 81.8 cm³/mol. The van der Waals surface area contributed by atoms with Gasteiger partial charge < -0.3 is 15.7 Å². The number of carbonyl (C=O) groups is 1. The second-order valence-electron chi connectivity index (χ2n) is 4.31. The van der Waals surface area contributed by atoms with Crippen LogP contribution in [0.15, 0.2) is 24.3 Å². The van der Waals surface area contributed by atoms with Gasteiger partial charge in [0.25, 0.3) is 0 Å². The van der Waals surface area contributed by atoms with Gasteiger partial charge in [-0.2, -0.15) is 11.8 Å². The number of thioether (sulfide) groups is 1. The van der Waals surface area contributed by atoms with Crippen molar-refractivity contribution in [3.05, 3.63) is 29.8 Å². The molecule has 0 fully saturated rings. The molecule has 0 aliphatic heterocycles. The summed E-state index contributed by atoms with van der Waals surface area (Å²) in [6.07, 6.45) is 3.54. The van der Waals surface area contributed by atoms with Crippen LogP contribution in [0.3, 0.4) is 0 Å². The monoisotopic (exact) mass is 282 g/mol. The molecule has 0 aliphatic carbocycles. The van der Waals surface area contributed by atoms with E-state index < -0.39 is 0 Å². The number of anilines is 1. The van der Waals surface area contributed by atoms with Crippen LogP contribution in [0.5, 0.6) is 0 Å². The maximum Gasteiger partial charge on any atom is 0.319 e. The zero-order chi connectivity index (χ0) is 14.1. The summed E-state index contributed by atoms with van der Waals surface area (Å²) in [7, 11) is 0. The fourth-order valence-corrected chi connectivity index (χ4v) is 2.38. The van der Waals surface area contributed by atoms with Gasteiger partial charge in [0.15, 0.2) is 0 Å². The molecular formula is C14H22N2O2S. The van der Waals surface area contributed by atoms with Crippen LogP contribution in [0, 0.1) is 0 Å². The van der Waals surface area contributed by atoms with Gasteiger partial charge in [-0.25, -0.2) is 4.79 Å². The van der Waals surface area contributed by atoms with Gasteiger partial charge in [0.2, 0.25) is 0 Å². The molecule has 4 nitrogen and oxygen atoms in total. The second kappa shape index (κ2) is 8.82. The summed E-state index contributed by atoms with van der Waals surface area (Å²) in [5.41, 5.74) is 2.02. The number of hydrogen-bond donors (Lipinski definition) is 3. The smallest absolute Gasteiger partial charge is 0.319 e. The molecule has 0 saturated carbocycles. The Labute approximate surface area is 119 Å². The lowest BCUT2D eigenvalue weighted by Crippen LogP contribution is -2.40. The molecule has 0 aliphatic rings. The maximum absolute atomic E-state index is 11.8. The summed E-state index contributed by atoms with van der Waals surface area (Å²) >= 11 is 1.65. The molecule has 0 spiro atoms. The predicted octanol–water partition coefficient (Wildman–Crippen LogP) is 2.48. The molecule has 0 heterocycles. The van der Waals surface area contributed by atoms with Crippen LogP contribution in [-0.2, 0) is 6.42 Å². The Morgan fingerprint density at radius 3 is 2.58 bits per heavy atom. The molecular weight excluding hydrogens is 260 g/mol. The first-order chi connectivity index (χ1) is 9.19. The molecule has 5 heteroatoms. The van der Waals surface area contributed by atoms with Crippen molar-refractivity contribution in [3.8, 4) is 0 Å². The van der Waals surface area contributed by atoms with E-state index in [1.165, 1.54) is 5.56 Å². The Morgan fingerprint density at radius 2 is 2.05 bits per heavy atom. The third-order valence-electron chi connectivity index (χ3n) is 2.80. The van der Waals surface area contributed by atoms with Gasteiger partial charge >= 0.3 is 6.03 Å². The molecule has 1 aromatic rings. The first-order valence-corrected chi connectivity index (χ1v) is 7.85. The average Bonchev–Trinajstić information content (AvgIpc) is 2.40. The highest BCUT2D eigenvalue weighted by Crippen LogP contribution is 2.10. The largest absolute Gasteiger partial charge is 0.396 e. The van der Waals surface area contributed by atoms with E-state index in [2.05, 4.69) is 17.6 Å². The third kappa shape index (κ3) is 5.98. The first kappa shape index (κ1) is 15.9. The first-order valence-electron chi connectivity index (χ1n) is 6.45. The number of rotatable bonds is 7. The van der Waals surface area contributed by atoms with E-state index in [1.807, 2.05) is 30.5 Å². The SMILES string of the molecule is CCc1ccc(NC(=O)N[C@@H](CCO)CSC)cc1. The number of carbonyl (C=O) groups excluding carboxylic acids is 1. The molecule has 3 N–H and O–H groups in total. The standard InChI is InChI=1S/C14H22N2O2S/c1-3-11-4-6-12(7-5-11)15-14(18)16-13(8-9-17)10-19-2/h4-7,13,17H,3,8-10H2,1-2H3,(H2,15,16,18)/t13-/m0/s1. The van der Waals surface area contributed by atoms with E-state index in [0.29, 0.717) is 6.42 Å². The van der Waals surface area contributed by atoms with Gasteiger partial charge in [0, 0.05) is 24.1 Å². The molecule has 0 aromatic heterocycles. The van der Waals surface area contributed by atoms with Gasteiger partial charge in [-0.3, -0.25) is 0 Å². The summed E-state index contributed by atoms with van der Waals surface area (Å²) in [5, 5.41) is 14.6. The summed E-state index contributed by atoms with van der Waals surface area (Å²) in [6, 6.07) is 7.57. The highest BCUT2D eigenvalue weighted by molar-refractivity contribution is 7.98. The molecule has 19 heavy (non-hydrogen) atoms. The average molecular weight is 282 g/mol. The van der Waals surface area contributed by atoms with Crippen LogP contribution in [0.25, 0.3) is 0 Å². The van der Waals surface area contributed by atoms with Crippen molar-refractivity contribution in [2.75, 3.05) is 23.9 Å². The fraction of sp³-hybridized carbons (Fsp3) is 0.500. The molecule has 0 radical (unpaired) electrons. The number of hydrogen-bond acceptors (Lipinski definition) is 3. The van der Waals surface area contributed by atoms with Crippen LogP contribution in [0.2, 0.25) is 0 Å².